The molecule has 1 aromatic carbocycles. The van der Waals surface area contributed by atoms with E-state index >= 15 is 0 Å². The van der Waals surface area contributed by atoms with Crippen molar-refractivity contribution in [3.8, 4) is 0 Å². The highest BCUT2D eigenvalue weighted by Crippen LogP contribution is 2.30. The maximum absolute atomic E-state index is 13.3. The number of Topliss-reactive ketones (excluding diaryl/α,β-unsaturated/α-hetero) is 1. The molecule has 122 valence electrons. The summed E-state index contributed by atoms with van der Waals surface area (Å²) in [5.74, 6) is -0.219. The molecule has 0 unspecified atom stereocenters. The van der Waals surface area contributed by atoms with E-state index < -0.39 is 0 Å². The summed E-state index contributed by atoms with van der Waals surface area (Å²) in [5.41, 5.74) is 2.40. The van der Waals surface area contributed by atoms with E-state index in [9.17, 15) is 14.0 Å². The number of hydrogen-bond donors (Lipinski definition) is 0. The van der Waals surface area contributed by atoms with Crippen LogP contribution >= 0.6 is 0 Å². The Balaban J connectivity index is 2.06. The number of nitrogens with zero attached hydrogens (tertiary/aromatic N) is 2. The van der Waals surface area contributed by atoms with Gasteiger partial charge in [0.25, 0.3) is 0 Å². The van der Waals surface area contributed by atoms with Crippen LogP contribution in [-0.4, -0.2) is 47.7 Å². The fourth-order valence-electron chi connectivity index (χ4n) is 3.32. The van der Waals surface area contributed by atoms with Crippen LogP contribution in [-0.2, 0) is 9.59 Å². The van der Waals surface area contributed by atoms with Crippen LogP contribution in [0, 0.1) is 5.82 Å². The standard InChI is InChI=1S/C18H21FN2O2/c1-13(22)21-11-8-17(23)16(12-21)18(20-9-2-3-10-20)14-4-6-15(19)7-5-14/h4-7H,2-3,8-12H2,1H3/b18-16-. The lowest BCUT2D eigenvalue weighted by atomic mass is 9.96. The first kappa shape index (κ1) is 15.7. The number of carbonyl (C=O) groups excluding carboxylic acids is 2. The van der Waals surface area contributed by atoms with E-state index in [0.717, 1.165) is 37.2 Å². The molecule has 2 aliphatic heterocycles. The Morgan fingerprint density at radius 2 is 1.70 bits per heavy atom. The van der Waals surface area contributed by atoms with Crippen molar-refractivity contribution in [2.45, 2.75) is 26.2 Å². The number of amides is 1. The number of piperidine rings is 1. The van der Waals surface area contributed by atoms with Gasteiger partial charge in [-0.15, -0.1) is 0 Å². The predicted octanol–water partition coefficient (Wildman–Crippen LogP) is 2.45. The molecule has 2 heterocycles. The molecule has 0 aromatic heterocycles. The Kier molecular flexibility index (Phi) is 4.46. The molecule has 1 amide bonds. The quantitative estimate of drug-likeness (QED) is 0.787. The summed E-state index contributed by atoms with van der Waals surface area (Å²) in [6.07, 6.45) is 2.53. The van der Waals surface area contributed by atoms with Crippen molar-refractivity contribution in [3.05, 3.63) is 41.2 Å². The third kappa shape index (κ3) is 3.28. The van der Waals surface area contributed by atoms with E-state index in [4.69, 9.17) is 0 Å². The summed E-state index contributed by atoms with van der Waals surface area (Å²) < 4.78 is 13.3. The second kappa shape index (κ2) is 6.52. The molecule has 2 aliphatic rings. The molecule has 0 saturated carbocycles. The SMILES string of the molecule is CC(=O)N1CCC(=O)/C(=C(/c2ccc(F)cc2)N2CCCC2)C1. The zero-order valence-corrected chi connectivity index (χ0v) is 13.3. The zero-order chi connectivity index (χ0) is 16.4. The van der Waals surface area contributed by atoms with Crippen LogP contribution in [0.15, 0.2) is 29.8 Å². The van der Waals surface area contributed by atoms with Gasteiger partial charge in [0.1, 0.15) is 5.82 Å². The Morgan fingerprint density at radius 1 is 1.04 bits per heavy atom. The van der Waals surface area contributed by atoms with E-state index in [2.05, 4.69) is 4.90 Å². The molecule has 0 N–H and O–H groups in total. The third-order valence-electron chi connectivity index (χ3n) is 4.57. The molecule has 0 atom stereocenters. The Morgan fingerprint density at radius 3 is 2.30 bits per heavy atom. The minimum absolute atomic E-state index is 0.0186. The normalized spacial score (nSPS) is 20.9. The average molecular weight is 316 g/mol. The van der Waals surface area contributed by atoms with Crippen LogP contribution in [0.1, 0.15) is 31.7 Å². The summed E-state index contributed by atoms with van der Waals surface area (Å²) in [6, 6.07) is 6.27. The van der Waals surface area contributed by atoms with E-state index in [0.29, 0.717) is 25.1 Å². The van der Waals surface area contributed by atoms with Crippen LogP contribution < -0.4 is 0 Å². The molecule has 2 fully saturated rings. The molecule has 4 nitrogen and oxygen atoms in total. The number of carbonyl (C=O) groups is 2. The van der Waals surface area contributed by atoms with Crippen molar-refractivity contribution in [1.29, 1.82) is 0 Å². The molecule has 0 aliphatic carbocycles. The molecular weight excluding hydrogens is 295 g/mol. The van der Waals surface area contributed by atoms with Crippen molar-refractivity contribution in [1.82, 2.24) is 9.80 Å². The number of benzene rings is 1. The second-order valence-corrected chi connectivity index (χ2v) is 6.14. The first-order valence-corrected chi connectivity index (χ1v) is 8.09. The monoisotopic (exact) mass is 316 g/mol. The van der Waals surface area contributed by atoms with E-state index in [1.807, 2.05) is 0 Å². The van der Waals surface area contributed by atoms with Crippen LogP contribution in [0.5, 0.6) is 0 Å². The lowest BCUT2D eigenvalue weighted by Gasteiger charge is -2.32. The van der Waals surface area contributed by atoms with Gasteiger partial charge in [0.2, 0.25) is 5.91 Å². The molecule has 5 heteroatoms. The number of hydrogen-bond acceptors (Lipinski definition) is 3. The number of rotatable bonds is 2. The fraction of sp³-hybridized carbons (Fsp3) is 0.444. The van der Waals surface area contributed by atoms with Gasteiger partial charge in [0, 0.05) is 38.6 Å². The molecule has 1 aromatic rings. The zero-order valence-electron chi connectivity index (χ0n) is 13.3. The van der Waals surface area contributed by atoms with E-state index in [1.54, 1.807) is 17.0 Å². The van der Waals surface area contributed by atoms with Gasteiger partial charge in [-0.25, -0.2) is 4.39 Å². The first-order valence-electron chi connectivity index (χ1n) is 8.09. The fourth-order valence-corrected chi connectivity index (χ4v) is 3.32. The Labute approximate surface area is 135 Å². The van der Waals surface area contributed by atoms with E-state index in [1.165, 1.54) is 19.1 Å². The van der Waals surface area contributed by atoms with Gasteiger partial charge in [-0.2, -0.15) is 0 Å². The van der Waals surface area contributed by atoms with Gasteiger partial charge in [-0.3, -0.25) is 9.59 Å². The van der Waals surface area contributed by atoms with Crippen LogP contribution in [0.25, 0.3) is 5.70 Å². The van der Waals surface area contributed by atoms with Gasteiger partial charge >= 0.3 is 0 Å². The van der Waals surface area contributed by atoms with Crippen molar-refractivity contribution in [3.63, 3.8) is 0 Å². The Bertz CT molecular complexity index is 645. The number of halogens is 1. The van der Waals surface area contributed by atoms with Crippen molar-refractivity contribution >= 4 is 17.4 Å². The summed E-state index contributed by atoms with van der Waals surface area (Å²) in [5, 5.41) is 0. The smallest absolute Gasteiger partial charge is 0.219 e. The van der Waals surface area contributed by atoms with Crippen molar-refractivity contribution in [2.24, 2.45) is 0 Å². The average Bonchev–Trinajstić information content (AvgIpc) is 3.05. The number of ketones is 1. The van der Waals surface area contributed by atoms with Crippen molar-refractivity contribution < 1.29 is 14.0 Å². The van der Waals surface area contributed by atoms with Crippen LogP contribution in [0.2, 0.25) is 0 Å². The first-order chi connectivity index (χ1) is 11.1. The van der Waals surface area contributed by atoms with Gasteiger partial charge < -0.3 is 9.80 Å². The second-order valence-electron chi connectivity index (χ2n) is 6.14. The molecule has 0 radical (unpaired) electrons. The summed E-state index contributed by atoms with van der Waals surface area (Å²) in [4.78, 5) is 28.1. The minimum Gasteiger partial charge on any atom is -0.371 e. The maximum atomic E-state index is 13.3. The Hall–Kier alpha value is -2.17. The van der Waals surface area contributed by atoms with Gasteiger partial charge in [-0.1, -0.05) is 0 Å². The largest absolute Gasteiger partial charge is 0.371 e. The number of likely N-dealkylation sites (tertiary alicyclic amines) is 2. The minimum atomic E-state index is -0.292. The third-order valence-corrected chi connectivity index (χ3v) is 4.57. The van der Waals surface area contributed by atoms with Crippen LogP contribution in [0.4, 0.5) is 4.39 Å². The predicted molar refractivity (Wildman–Crippen MR) is 86.0 cm³/mol. The summed E-state index contributed by atoms with van der Waals surface area (Å²) >= 11 is 0. The molecule has 2 saturated heterocycles. The molecule has 0 spiro atoms. The van der Waals surface area contributed by atoms with Gasteiger partial charge in [0.15, 0.2) is 5.78 Å². The molecule has 3 rings (SSSR count). The van der Waals surface area contributed by atoms with Gasteiger partial charge in [0.05, 0.1) is 12.2 Å². The van der Waals surface area contributed by atoms with E-state index in [-0.39, 0.29) is 17.5 Å². The molecule has 0 bridgehead atoms. The lowest BCUT2D eigenvalue weighted by Crippen LogP contribution is -2.40. The highest BCUT2D eigenvalue weighted by Gasteiger charge is 2.29. The molecule has 23 heavy (non-hydrogen) atoms. The summed E-state index contributed by atoms with van der Waals surface area (Å²) in [6.45, 7) is 4.14. The lowest BCUT2D eigenvalue weighted by molar-refractivity contribution is -0.130. The molecular formula is C18H21FN2O2. The van der Waals surface area contributed by atoms with Gasteiger partial charge in [-0.05, 0) is 42.7 Å². The highest BCUT2D eigenvalue weighted by molar-refractivity contribution is 6.04. The maximum Gasteiger partial charge on any atom is 0.219 e. The van der Waals surface area contributed by atoms with Crippen LogP contribution in [0.3, 0.4) is 0 Å². The topological polar surface area (TPSA) is 40.6 Å². The highest BCUT2D eigenvalue weighted by atomic mass is 19.1. The van der Waals surface area contributed by atoms with Crippen molar-refractivity contribution in [2.75, 3.05) is 26.2 Å². The summed E-state index contributed by atoms with van der Waals surface area (Å²) in [7, 11) is 0.